The molecular formula is C20H23NO4. The number of carbonyl (C=O) groups excluding carboxylic acids is 1. The first kappa shape index (κ1) is 18.5. The van der Waals surface area contributed by atoms with E-state index in [9.17, 15) is 9.59 Å². The second-order valence-corrected chi connectivity index (χ2v) is 6.94. The third-order valence-electron chi connectivity index (χ3n) is 3.82. The maximum Gasteiger partial charge on any atom is 0.341 e. The van der Waals surface area contributed by atoms with Crippen LogP contribution in [-0.2, 0) is 10.2 Å². The van der Waals surface area contributed by atoms with Gasteiger partial charge in [0.05, 0.1) is 0 Å². The fourth-order valence-electron chi connectivity index (χ4n) is 2.33. The first-order valence-corrected chi connectivity index (χ1v) is 8.04. The number of nitrogens with one attached hydrogen (secondary N) is 1. The Morgan fingerprint density at radius 3 is 2.24 bits per heavy atom. The molecular weight excluding hydrogens is 318 g/mol. The summed E-state index contributed by atoms with van der Waals surface area (Å²) in [5, 5.41) is 11.5. The van der Waals surface area contributed by atoms with Crippen molar-refractivity contribution in [1.82, 2.24) is 0 Å². The zero-order chi connectivity index (χ0) is 18.6. The van der Waals surface area contributed by atoms with Crippen molar-refractivity contribution in [2.45, 2.75) is 33.1 Å². The summed E-state index contributed by atoms with van der Waals surface area (Å²) in [5.41, 5.74) is 3.24. The van der Waals surface area contributed by atoms with E-state index in [4.69, 9.17) is 9.84 Å². The number of aliphatic carboxylic acids is 1. The number of carboxylic acids is 1. The number of hydrogen-bond acceptors (Lipinski definition) is 3. The van der Waals surface area contributed by atoms with Gasteiger partial charge in [0.2, 0.25) is 0 Å². The molecule has 0 bridgehead atoms. The van der Waals surface area contributed by atoms with Gasteiger partial charge in [-0.05, 0) is 53.8 Å². The van der Waals surface area contributed by atoms with Crippen LogP contribution in [0.2, 0.25) is 0 Å². The first-order valence-electron chi connectivity index (χ1n) is 8.04. The van der Waals surface area contributed by atoms with E-state index in [0.717, 1.165) is 5.56 Å². The predicted octanol–water partition coefficient (Wildman–Crippen LogP) is 4.01. The van der Waals surface area contributed by atoms with Crippen LogP contribution in [0.5, 0.6) is 5.75 Å². The van der Waals surface area contributed by atoms with Crippen molar-refractivity contribution in [1.29, 1.82) is 0 Å². The average molecular weight is 341 g/mol. The molecule has 2 aromatic rings. The van der Waals surface area contributed by atoms with Crippen LogP contribution in [0.3, 0.4) is 0 Å². The van der Waals surface area contributed by atoms with E-state index in [1.54, 1.807) is 18.2 Å². The minimum atomic E-state index is -1.03. The molecule has 0 saturated carbocycles. The quantitative estimate of drug-likeness (QED) is 0.861. The van der Waals surface area contributed by atoms with E-state index in [2.05, 4.69) is 26.1 Å². The molecule has 0 aliphatic carbocycles. The van der Waals surface area contributed by atoms with Gasteiger partial charge in [-0.2, -0.15) is 0 Å². The van der Waals surface area contributed by atoms with Crippen molar-refractivity contribution in [2.24, 2.45) is 0 Å². The highest BCUT2D eigenvalue weighted by atomic mass is 16.5. The van der Waals surface area contributed by atoms with E-state index >= 15 is 0 Å². The summed E-state index contributed by atoms with van der Waals surface area (Å²) in [4.78, 5) is 22.9. The summed E-state index contributed by atoms with van der Waals surface area (Å²) in [6, 6.07) is 12.6. The summed E-state index contributed by atoms with van der Waals surface area (Å²) in [5.74, 6) is -0.774. The van der Waals surface area contributed by atoms with Gasteiger partial charge >= 0.3 is 5.97 Å². The Balaban J connectivity index is 2.08. The lowest BCUT2D eigenvalue weighted by Gasteiger charge is -2.19. The molecule has 0 saturated heterocycles. The van der Waals surface area contributed by atoms with Gasteiger partial charge in [0.1, 0.15) is 5.75 Å². The topological polar surface area (TPSA) is 75.6 Å². The molecule has 0 atom stereocenters. The van der Waals surface area contributed by atoms with Crippen molar-refractivity contribution in [3.8, 4) is 5.75 Å². The number of hydrogen-bond donors (Lipinski definition) is 2. The molecule has 132 valence electrons. The van der Waals surface area contributed by atoms with Crippen molar-refractivity contribution >= 4 is 17.6 Å². The molecule has 5 heteroatoms. The molecule has 2 rings (SSSR count). The van der Waals surface area contributed by atoms with Gasteiger partial charge in [-0.15, -0.1) is 0 Å². The van der Waals surface area contributed by atoms with Gasteiger partial charge < -0.3 is 15.2 Å². The minimum Gasteiger partial charge on any atom is -0.482 e. The maximum absolute atomic E-state index is 12.4. The van der Waals surface area contributed by atoms with Crippen LogP contribution in [0.1, 0.15) is 42.3 Å². The van der Waals surface area contributed by atoms with Crippen LogP contribution in [0, 0.1) is 6.92 Å². The van der Waals surface area contributed by atoms with Gasteiger partial charge in [0.15, 0.2) is 6.61 Å². The zero-order valence-electron chi connectivity index (χ0n) is 14.9. The summed E-state index contributed by atoms with van der Waals surface area (Å²) >= 11 is 0. The molecule has 0 heterocycles. The highest BCUT2D eigenvalue weighted by molar-refractivity contribution is 6.04. The van der Waals surface area contributed by atoms with Crippen LogP contribution < -0.4 is 10.1 Å². The number of rotatable bonds is 5. The second kappa shape index (κ2) is 7.38. The van der Waals surface area contributed by atoms with Crippen molar-refractivity contribution in [3.63, 3.8) is 0 Å². The number of ether oxygens (including phenoxy) is 1. The lowest BCUT2D eigenvalue weighted by atomic mass is 9.87. The SMILES string of the molecule is Cc1cc(OCC(=O)O)ccc1NC(=O)c1ccc(C(C)(C)C)cc1. The molecule has 0 aliphatic rings. The van der Waals surface area contributed by atoms with Crippen LogP contribution >= 0.6 is 0 Å². The Morgan fingerprint density at radius 2 is 1.72 bits per heavy atom. The molecule has 0 spiro atoms. The Labute approximate surface area is 147 Å². The van der Waals surface area contributed by atoms with Crippen molar-refractivity contribution in [2.75, 3.05) is 11.9 Å². The smallest absolute Gasteiger partial charge is 0.341 e. The van der Waals surface area contributed by atoms with E-state index in [-0.39, 0.29) is 11.3 Å². The lowest BCUT2D eigenvalue weighted by molar-refractivity contribution is -0.139. The van der Waals surface area contributed by atoms with Crippen molar-refractivity contribution < 1.29 is 19.4 Å². The second-order valence-electron chi connectivity index (χ2n) is 6.94. The number of carbonyl (C=O) groups is 2. The highest BCUT2D eigenvalue weighted by Crippen LogP contribution is 2.24. The van der Waals surface area contributed by atoms with Gasteiger partial charge in [-0.3, -0.25) is 4.79 Å². The Hall–Kier alpha value is -2.82. The monoisotopic (exact) mass is 341 g/mol. The number of benzene rings is 2. The summed E-state index contributed by atoms with van der Waals surface area (Å²) in [6.45, 7) is 7.80. The normalized spacial score (nSPS) is 11.0. The van der Waals surface area contributed by atoms with Gasteiger partial charge in [0, 0.05) is 11.3 Å². The Kier molecular flexibility index (Phi) is 5.47. The van der Waals surface area contributed by atoms with E-state index in [1.165, 1.54) is 5.56 Å². The van der Waals surface area contributed by atoms with E-state index in [1.807, 2.05) is 31.2 Å². The summed E-state index contributed by atoms with van der Waals surface area (Å²) < 4.78 is 5.13. The number of carboxylic acid groups (broad SMARTS) is 1. The molecule has 0 fully saturated rings. The lowest BCUT2D eigenvalue weighted by Crippen LogP contribution is -2.15. The third kappa shape index (κ3) is 5.08. The molecule has 2 N–H and O–H groups in total. The van der Waals surface area contributed by atoms with Crippen LogP contribution in [0.15, 0.2) is 42.5 Å². The first-order chi connectivity index (χ1) is 11.7. The number of amides is 1. The molecule has 2 aromatic carbocycles. The van der Waals surface area contributed by atoms with Crippen LogP contribution in [0.4, 0.5) is 5.69 Å². The molecule has 0 radical (unpaired) electrons. The summed E-state index contributed by atoms with van der Waals surface area (Å²) in [7, 11) is 0. The standard InChI is InChI=1S/C20H23NO4/c1-13-11-16(25-12-18(22)23)9-10-17(13)21-19(24)14-5-7-15(8-6-14)20(2,3)4/h5-11H,12H2,1-4H3,(H,21,24)(H,22,23). The van der Waals surface area contributed by atoms with E-state index in [0.29, 0.717) is 17.0 Å². The summed E-state index contributed by atoms with van der Waals surface area (Å²) in [6.07, 6.45) is 0. The number of anilines is 1. The fraction of sp³-hybridized carbons (Fsp3) is 0.300. The Bertz CT molecular complexity index is 773. The molecule has 1 amide bonds. The van der Waals surface area contributed by atoms with Gasteiger partial charge in [-0.1, -0.05) is 32.9 Å². The largest absolute Gasteiger partial charge is 0.482 e. The predicted molar refractivity (Wildman–Crippen MR) is 97.4 cm³/mol. The number of aryl methyl sites for hydroxylation is 1. The van der Waals surface area contributed by atoms with Crippen LogP contribution in [0.25, 0.3) is 0 Å². The third-order valence-corrected chi connectivity index (χ3v) is 3.82. The van der Waals surface area contributed by atoms with Gasteiger partial charge in [-0.25, -0.2) is 4.79 Å². The molecule has 25 heavy (non-hydrogen) atoms. The molecule has 0 aromatic heterocycles. The van der Waals surface area contributed by atoms with E-state index < -0.39 is 12.6 Å². The van der Waals surface area contributed by atoms with Gasteiger partial charge in [0.25, 0.3) is 5.91 Å². The average Bonchev–Trinajstić information content (AvgIpc) is 2.54. The highest BCUT2D eigenvalue weighted by Gasteiger charge is 2.14. The zero-order valence-corrected chi connectivity index (χ0v) is 14.9. The minimum absolute atomic E-state index is 0.0391. The molecule has 0 aliphatic heterocycles. The Morgan fingerprint density at radius 1 is 1.08 bits per heavy atom. The van der Waals surface area contributed by atoms with Crippen LogP contribution in [-0.4, -0.2) is 23.6 Å². The fourth-order valence-corrected chi connectivity index (χ4v) is 2.33. The molecule has 5 nitrogen and oxygen atoms in total. The maximum atomic E-state index is 12.4. The molecule has 0 unspecified atom stereocenters. The van der Waals surface area contributed by atoms with Crippen molar-refractivity contribution in [3.05, 3.63) is 59.2 Å².